The van der Waals surface area contributed by atoms with E-state index >= 15 is 0 Å². The number of halogens is 7. The summed E-state index contributed by atoms with van der Waals surface area (Å²) < 4.78 is 91.2. The maximum atomic E-state index is 12.9. The van der Waals surface area contributed by atoms with E-state index in [1.165, 1.54) is 50.0 Å². The van der Waals surface area contributed by atoms with Crippen molar-refractivity contribution in [2.45, 2.75) is 12.4 Å². The Labute approximate surface area is 445 Å². The van der Waals surface area contributed by atoms with E-state index in [-0.39, 0.29) is 43.1 Å². The molecule has 0 saturated carbocycles. The molecular weight excluding hydrogens is 1200 g/mol. The summed E-state index contributed by atoms with van der Waals surface area (Å²) >= 11 is 0. The van der Waals surface area contributed by atoms with E-state index in [1.54, 1.807) is 73.4 Å². The number of nitrogens with one attached hydrogen (secondary N) is 4. The van der Waals surface area contributed by atoms with Gasteiger partial charge in [0.1, 0.15) is 28.5 Å². The minimum absolute atomic E-state index is 0. The van der Waals surface area contributed by atoms with Crippen molar-refractivity contribution in [1.29, 1.82) is 0 Å². The van der Waals surface area contributed by atoms with Crippen molar-refractivity contribution in [3.8, 4) is 62.7 Å². The van der Waals surface area contributed by atoms with Gasteiger partial charge < -0.3 is 14.8 Å². The van der Waals surface area contributed by atoms with E-state index in [0.717, 1.165) is 28.8 Å². The first kappa shape index (κ1) is 58.1. The molecule has 1 radical (unpaired) electrons. The summed E-state index contributed by atoms with van der Waals surface area (Å²) in [4.78, 5) is 37.1. The molecule has 0 amide bonds. The second-order valence-electron chi connectivity index (χ2n) is 14.4. The van der Waals surface area contributed by atoms with Gasteiger partial charge in [0.15, 0.2) is 5.82 Å². The van der Waals surface area contributed by atoms with Crippen LogP contribution in [0.3, 0.4) is 0 Å². The average Bonchev–Trinajstić information content (AvgIpc) is 4.32. The van der Waals surface area contributed by atoms with Crippen LogP contribution in [0, 0.1) is 11.9 Å². The average molecular weight is 1240 g/mol. The molecule has 395 valence electrons. The molecule has 0 atom stereocenters. The number of nitrogens with zero attached hydrogens (tertiary/aromatic N) is 12. The quantitative estimate of drug-likeness (QED) is 0.0734. The number of benzene rings is 1. The maximum absolute atomic E-state index is 12.9. The molecule has 1 aromatic carbocycles. The summed E-state index contributed by atoms with van der Waals surface area (Å²) in [6, 6.07) is 39.7. The van der Waals surface area contributed by atoms with Gasteiger partial charge in [0.05, 0.1) is 36.1 Å². The van der Waals surface area contributed by atoms with Crippen LogP contribution in [0.4, 0.5) is 30.7 Å². The Kier molecular flexibility index (Phi) is 22.1. The van der Waals surface area contributed by atoms with Crippen molar-refractivity contribution >= 4 is 5.97 Å². The number of ether oxygens (including phenoxy) is 1. The zero-order valence-electron chi connectivity index (χ0n) is 39.4. The Morgan fingerprint density at radius 2 is 1.10 bits per heavy atom. The third-order valence-electron chi connectivity index (χ3n) is 9.14. The molecule has 77 heavy (non-hydrogen) atoms. The number of methoxy groups -OCH3 is 1. The van der Waals surface area contributed by atoms with E-state index in [1.807, 2.05) is 70.9 Å². The Hall–Kier alpha value is -9.75. The number of rotatable bonds is 7. The summed E-state index contributed by atoms with van der Waals surface area (Å²) in [5.74, 6) is -2.11. The standard InChI is InChI=1S/C12H9FNO.C9H6F3N3.C8H5F3N4.C8H7N3.C7H6N4.C6H5NO2.Ir/c1-15-12-8-9(13)5-6-10(12)11-4-2-3-7-14-11;10-9(11,12)8-5-7(14-15-8)6-3-1-2-4-13-6;9-8(10,11)7-13-6(14-15-7)5-3-1-2-4-12-5;1-2-5-9-7(3-1)8-4-6-10-11-8;1-2-4-8-6(3-1)7-5-9-11-10-7;8-6(9)5-3-1-2-4-7-5;/h2-5,7-8H,1H3;1-5H,(H,14,15);1-4H,(H,13,14,15);1-6H,(H,10,11);1-5H,(H,9,10,11);1-4H,(H,8,9);/q-1;;;;;;. The zero-order chi connectivity index (χ0) is 54.2. The van der Waals surface area contributed by atoms with E-state index in [2.05, 4.69) is 76.8 Å². The molecule has 0 unspecified atom stereocenters. The van der Waals surface area contributed by atoms with Gasteiger partial charge in [-0.1, -0.05) is 54.1 Å². The predicted molar refractivity (Wildman–Crippen MR) is 259 cm³/mol. The second-order valence-corrected chi connectivity index (χ2v) is 14.4. The first-order chi connectivity index (χ1) is 36.7. The summed E-state index contributed by atoms with van der Waals surface area (Å²) in [6.07, 6.45) is 4.00. The third kappa shape index (κ3) is 18.6. The largest absolute Gasteiger partial charge is 0.540 e. The number of aromatic carboxylic acids is 1. The first-order valence-electron chi connectivity index (χ1n) is 21.6. The molecule has 0 saturated heterocycles. The number of pyridine rings is 6. The van der Waals surface area contributed by atoms with Crippen LogP contribution < -0.4 is 4.74 Å². The van der Waals surface area contributed by atoms with Gasteiger partial charge in [-0.3, -0.25) is 39.6 Å². The Morgan fingerprint density at radius 1 is 0.558 bits per heavy atom. The Bertz CT molecular complexity index is 3210. The van der Waals surface area contributed by atoms with Crippen LogP contribution in [0.25, 0.3) is 56.9 Å². The molecule has 11 aromatic rings. The number of hydrogen-bond acceptors (Lipinski definition) is 14. The maximum Gasteiger partial charge on any atom is 0.451 e. The number of carbonyl (C=O) groups is 1. The third-order valence-corrected chi connectivity index (χ3v) is 9.14. The van der Waals surface area contributed by atoms with Gasteiger partial charge in [-0.05, 0) is 84.6 Å². The molecular formula is C50H38F7IrN16O3-. The van der Waals surface area contributed by atoms with E-state index in [4.69, 9.17) is 9.84 Å². The van der Waals surface area contributed by atoms with E-state index in [9.17, 15) is 35.5 Å². The van der Waals surface area contributed by atoms with Crippen molar-refractivity contribution in [3.63, 3.8) is 0 Å². The van der Waals surface area contributed by atoms with Crippen LogP contribution >= 0.6 is 0 Å². The van der Waals surface area contributed by atoms with Crippen molar-refractivity contribution in [2.24, 2.45) is 0 Å². The van der Waals surface area contributed by atoms with Crippen molar-refractivity contribution in [1.82, 2.24) is 80.9 Å². The van der Waals surface area contributed by atoms with Crippen LogP contribution in [-0.2, 0) is 32.5 Å². The molecule has 0 aliphatic carbocycles. The Morgan fingerprint density at radius 3 is 1.53 bits per heavy atom. The zero-order valence-corrected chi connectivity index (χ0v) is 41.8. The minimum atomic E-state index is -4.51. The fourth-order valence-corrected chi connectivity index (χ4v) is 5.68. The van der Waals surface area contributed by atoms with Gasteiger partial charge in [0, 0.05) is 75.1 Å². The Balaban J connectivity index is 0.000000171. The molecule has 0 aliphatic heterocycles. The number of alkyl halides is 6. The molecule has 10 aromatic heterocycles. The topological polar surface area (TPSA) is 264 Å². The van der Waals surface area contributed by atoms with Gasteiger partial charge in [0.25, 0.3) is 0 Å². The molecule has 0 fully saturated rings. The predicted octanol–water partition coefficient (Wildman–Crippen LogP) is 10.2. The normalized spacial score (nSPS) is 10.3. The summed E-state index contributed by atoms with van der Waals surface area (Å²) in [6.45, 7) is 0. The van der Waals surface area contributed by atoms with Gasteiger partial charge in [-0.2, -0.15) is 57.0 Å². The van der Waals surface area contributed by atoms with Gasteiger partial charge >= 0.3 is 18.3 Å². The first-order valence-corrected chi connectivity index (χ1v) is 21.6. The molecule has 27 heteroatoms. The number of carboxylic acids is 1. The molecule has 5 N–H and O–H groups in total. The van der Waals surface area contributed by atoms with Crippen molar-refractivity contribution in [3.05, 3.63) is 212 Å². The van der Waals surface area contributed by atoms with Crippen LogP contribution in [0.15, 0.2) is 183 Å². The molecule has 0 bridgehead atoms. The number of aromatic amines is 4. The molecule has 11 rings (SSSR count). The van der Waals surface area contributed by atoms with Crippen LogP contribution in [0.1, 0.15) is 22.0 Å². The van der Waals surface area contributed by atoms with Gasteiger partial charge in [-0.25, -0.2) is 14.8 Å². The second kappa shape index (κ2) is 29.2. The van der Waals surface area contributed by atoms with E-state index in [0.29, 0.717) is 28.4 Å². The van der Waals surface area contributed by atoms with Crippen molar-refractivity contribution < 1.29 is 65.5 Å². The van der Waals surface area contributed by atoms with Crippen LogP contribution in [0.2, 0.25) is 0 Å². The fraction of sp³-hybridized carbons (Fsp3) is 0.0600. The van der Waals surface area contributed by atoms with E-state index < -0.39 is 29.8 Å². The van der Waals surface area contributed by atoms with Gasteiger partial charge in [-0.15, -0.1) is 12.1 Å². The number of H-pyrrole nitrogens is 4. The number of hydrogen-bond donors (Lipinski definition) is 5. The number of aromatic nitrogens is 16. The number of carboxylic acid groups (broad SMARTS) is 1. The van der Waals surface area contributed by atoms with Crippen molar-refractivity contribution in [2.75, 3.05) is 7.11 Å². The molecule has 19 nitrogen and oxygen atoms in total. The SMILES string of the molecule is COc1cc(F)c[c-]c1-c1ccccn1.FC(F)(F)c1cc(-c2ccccn2)n[nH]1.FC(F)(F)c1nc(-c2ccccn2)n[nH]1.O=C(O)c1ccccn1.[Ir].c1ccc(-c2ccn[nH]2)nc1.c1ccc(-c2cn[nH]n2)nc1. The summed E-state index contributed by atoms with van der Waals surface area (Å²) in [5.41, 5.74) is 4.95. The monoisotopic (exact) mass is 1240 g/mol. The van der Waals surface area contributed by atoms with Crippen LogP contribution in [0.5, 0.6) is 5.75 Å². The summed E-state index contributed by atoms with van der Waals surface area (Å²) in [5, 5.41) is 35.8. The molecule has 0 spiro atoms. The smallest absolute Gasteiger partial charge is 0.451 e. The van der Waals surface area contributed by atoms with Crippen LogP contribution in [-0.4, -0.2) is 99.1 Å². The minimum Gasteiger partial charge on any atom is -0.540 e. The molecule has 0 aliphatic rings. The van der Waals surface area contributed by atoms with Gasteiger partial charge in [0.2, 0.25) is 5.82 Å². The summed E-state index contributed by atoms with van der Waals surface area (Å²) in [7, 11) is 1.50. The fourth-order valence-electron chi connectivity index (χ4n) is 5.68. The molecule has 10 heterocycles.